The third-order valence-corrected chi connectivity index (χ3v) is 4.03. The highest BCUT2D eigenvalue weighted by atomic mass is 16.5. The molecule has 2 aromatic carbocycles. The molecule has 1 N–H and O–H groups in total. The summed E-state index contributed by atoms with van der Waals surface area (Å²) in [5.41, 5.74) is 1.42. The summed E-state index contributed by atoms with van der Waals surface area (Å²) in [7, 11) is 0. The van der Waals surface area contributed by atoms with Crippen molar-refractivity contribution in [1.82, 2.24) is 0 Å². The predicted molar refractivity (Wildman–Crippen MR) is 97.8 cm³/mol. The summed E-state index contributed by atoms with van der Waals surface area (Å²) in [6, 6.07) is 17.1. The first-order valence-electron chi connectivity index (χ1n) is 8.51. The molecule has 2 amide bonds. The van der Waals surface area contributed by atoms with Crippen LogP contribution in [-0.2, 0) is 9.59 Å². The lowest BCUT2D eigenvalue weighted by atomic mass is 10.2. The minimum atomic E-state index is -0.136. The van der Waals surface area contributed by atoms with E-state index >= 15 is 0 Å². The highest BCUT2D eigenvalue weighted by Crippen LogP contribution is 2.35. The minimum absolute atomic E-state index is 0.00314. The van der Waals surface area contributed by atoms with Gasteiger partial charge in [-0.15, -0.1) is 0 Å². The molecule has 1 saturated carbocycles. The second kappa shape index (κ2) is 7.83. The molecular weight excluding hydrogens is 316 g/mol. The number of hydrogen-bond donors (Lipinski definition) is 1. The Bertz CT molecular complexity index is 742. The molecule has 0 radical (unpaired) electrons. The van der Waals surface area contributed by atoms with Crippen LogP contribution >= 0.6 is 0 Å². The van der Waals surface area contributed by atoms with E-state index < -0.39 is 0 Å². The van der Waals surface area contributed by atoms with Gasteiger partial charge in [0.05, 0.1) is 24.4 Å². The molecule has 5 heteroatoms. The molecule has 1 fully saturated rings. The number of para-hydroxylation sites is 3. The van der Waals surface area contributed by atoms with Gasteiger partial charge < -0.3 is 15.0 Å². The topological polar surface area (TPSA) is 58.6 Å². The van der Waals surface area contributed by atoms with Crippen molar-refractivity contribution < 1.29 is 14.3 Å². The Balaban J connectivity index is 1.60. The predicted octanol–water partition coefficient (Wildman–Crippen LogP) is 3.61. The van der Waals surface area contributed by atoms with Crippen LogP contribution in [0.15, 0.2) is 54.6 Å². The van der Waals surface area contributed by atoms with Gasteiger partial charge in [-0.05, 0) is 37.1 Å². The third-order valence-electron chi connectivity index (χ3n) is 4.03. The van der Waals surface area contributed by atoms with E-state index in [0.29, 0.717) is 12.3 Å². The quantitative estimate of drug-likeness (QED) is 0.839. The van der Waals surface area contributed by atoms with Crippen molar-refractivity contribution in [2.75, 3.05) is 16.8 Å². The average molecular weight is 338 g/mol. The summed E-state index contributed by atoms with van der Waals surface area (Å²) in [5.74, 6) is 0.603. The van der Waals surface area contributed by atoms with Gasteiger partial charge >= 0.3 is 0 Å². The van der Waals surface area contributed by atoms with E-state index in [1.807, 2.05) is 54.6 Å². The zero-order chi connectivity index (χ0) is 17.6. The van der Waals surface area contributed by atoms with E-state index in [1.165, 1.54) is 0 Å². The molecule has 0 spiro atoms. The van der Waals surface area contributed by atoms with Crippen molar-refractivity contribution in [3.8, 4) is 5.75 Å². The molecule has 0 unspecified atom stereocenters. The van der Waals surface area contributed by atoms with Gasteiger partial charge in [0, 0.05) is 13.0 Å². The largest absolute Gasteiger partial charge is 0.493 e. The van der Waals surface area contributed by atoms with Crippen molar-refractivity contribution in [3.05, 3.63) is 54.6 Å². The number of benzene rings is 2. The van der Waals surface area contributed by atoms with Crippen LogP contribution in [0.2, 0.25) is 0 Å². The van der Waals surface area contributed by atoms with Crippen LogP contribution in [0.3, 0.4) is 0 Å². The third kappa shape index (κ3) is 4.59. The molecule has 1 aliphatic carbocycles. The number of nitrogens with one attached hydrogen (secondary N) is 1. The number of rotatable bonds is 7. The van der Waals surface area contributed by atoms with E-state index in [4.69, 9.17) is 4.74 Å². The Hall–Kier alpha value is -2.82. The van der Waals surface area contributed by atoms with Gasteiger partial charge in [0.2, 0.25) is 11.8 Å². The molecule has 2 aromatic rings. The highest BCUT2D eigenvalue weighted by molar-refractivity contribution is 6.00. The lowest BCUT2D eigenvalue weighted by molar-refractivity contribution is -0.117. The fourth-order valence-corrected chi connectivity index (χ4v) is 2.74. The number of carbonyl (C=O) groups is 2. The van der Waals surface area contributed by atoms with Crippen LogP contribution in [0.25, 0.3) is 0 Å². The Morgan fingerprint density at radius 1 is 1.08 bits per heavy atom. The Labute approximate surface area is 147 Å². The summed E-state index contributed by atoms with van der Waals surface area (Å²) >= 11 is 0. The number of anilines is 2. The molecule has 0 atom stereocenters. The van der Waals surface area contributed by atoms with Crippen LogP contribution in [0.5, 0.6) is 5.75 Å². The van der Waals surface area contributed by atoms with Crippen LogP contribution < -0.4 is 15.0 Å². The Morgan fingerprint density at radius 2 is 1.76 bits per heavy atom. The van der Waals surface area contributed by atoms with E-state index in [1.54, 1.807) is 11.8 Å². The molecule has 3 rings (SSSR count). The number of carbonyl (C=O) groups excluding carboxylic acids is 2. The number of ether oxygens (including phenoxy) is 1. The van der Waals surface area contributed by atoms with E-state index in [-0.39, 0.29) is 24.3 Å². The maximum atomic E-state index is 12.2. The Kier molecular flexibility index (Phi) is 5.33. The van der Waals surface area contributed by atoms with E-state index in [0.717, 1.165) is 24.3 Å². The van der Waals surface area contributed by atoms with Crippen molar-refractivity contribution in [2.24, 2.45) is 0 Å². The van der Waals surface area contributed by atoms with Crippen LogP contribution in [-0.4, -0.2) is 24.5 Å². The van der Waals surface area contributed by atoms with Gasteiger partial charge in [-0.3, -0.25) is 9.59 Å². The van der Waals surface area contributed by atoms with Gasteiger partial charge in [0.1, 0.15) is 5.75 Å². The van der Waals surface area contributed by atoms with Gasteiger partial charge in [0.15, 0.2) is 0 Å². The zero-order valence-corrected chi connectivity index (χ0v) is 14.3. The number of amides is 2. The van der Waals surface area contributed by atoms with Crippen molar-refractivity contribution in [1.29, 1.82) is 0 Å². The maximum absolute atomic E-state index is 12.2. The van der Waals surface area contributed by atoms with E-state index in [9.17, 15) is 9.59 Å². The summed E-state index contributed by atoms with van der Waals surface area (Å²) in [6.45, 7) is 1.86. The van der Waals surface area contributed by atoms with Crippen molar-refractivity contribution in [2.45, 2.75) is 32.2 Å². The molecule has 0 heterocycles. The second-order valence-corrected chi connectivity index (χ2v) is 6.10. The van der Waals surface area contributed by atoms with Crippen LogP contribution in [0.4, 0.5) is 11.4 Å². The molecule has 0 aromatic heterocycles. The average Bonchev–Trinajstić information content (AvgIpc) is 3.42. The molecule has 0 aliphatic heterocycles. The molecule has 25 heavy (non-hydrogen) atoms. The summed E-state index contributed by atoms with van der Waals surface area (Å²) in [4.78, 5) is 26.0. The normalized spacial score (nSPS) is 13.2. The smallest absolute Gasteiger partial charge is 0.227 e. The molecule has 130 valence electrons. The lowest BCUT2D eigenvalue weighted by Crippen LogP contribution is -2.31. The standard InChI is InChI=1S/C20H22N2O3/c1-15(23)22(16-11-12-16)19-10-6-5-9-18(19)21-20(24)13-14-25-17-7-3-2-4-8-17/h2-10,16H,11-14H2,1H3,(H,21,24). The summed E-state index contributed by atoms with van der Waals surface area (Å²) < 4.78 is 5.55. The van der Waals surface area contributed by atoms with E-state index in [2.05, 4.69) is 5.32 Å². The lowest BCUT2D eigenvalue weighted by Gasteiger charge is -2.23. The van der Waals surface area contributed by atoms with Gasteiger partial charge in [-0.2, -0.15) is 0 Å². The SMILES string of the molecule is CC(=O)N(c1ccccc1NC(=O)CCOc1ccccc1)C1CC1. The first kappa shape index (κ1) is 17.0. The number of hydrogen-bond acceptors (Lipinski definition) is 3. The summed E-state index contributed by atoms with van der Waals surface area (Å²) in [6.07, 6.45) is 2.26. The highest BCUT2D eigenvalue weighted by Gasteiger charge is 2.33. The molecule has 0 saturated heterocycles. The zero-order valence-electron chi connectivity index (χ0n) is 14.3. The number of nitrogens with zero attached hydrogens (tertiary/aromatic N) is 1. The minimum Gasteiger partial charge on any atom is -0.493 e. The fourth-order valence-electron chi connectivity index (χ4n) is 2.74. The molecule has 0 bridgehead atoms. The molecule has 1 aliphatic rings. The van der Waals surface area contributed by atoms with Crippen LogP contribution in [0.1, 0.15) is 26.2 Å². The fraction of sp³-hybridized carbons (Fsp3) is 0.300. The molecule has 5 nitrogen and oxygen atoms in total. The first-order chi connectivity index (χ1) is 12.1. The first-order valence-corrected chi connectivity index (χ1v) is 8.51. The monoisotopic (exact) mass is 338 g/mol. The summed E-state index contributed by atoms with van der Waals surface area (Å²) in [5, 5.41) is 2.90. The van der Waals surface area contributed by atoms with Crippen molar-refractivity contribution in [3.63, 3.8) is 0 Å². The van der Waals surface area contributed by atoms with Crippen molar-refractivity contribution >= 4 is 23.2 Å². The maximum Gasteiger partial charge on any atom is 0.227 e. The van der Waals surface area contributed by atoms with Gasteiger partial charge in [0.25, 0.3) is 0 Å². The Morgan fingerprint density at radius 3 is 2.44 bits per heavy atom. The molecular formula is C20H22N2O3. The van der Waals surface area contributed by atoms with Gasteiger partial charge in [-0.1, -0.05) is 30.3 Å². The van der Waals surface area contributed by atoms with Crippen LogP contribution in [0, 0.1) is 0 Å². The van der Waals surface area contributed by atoms with Gasteiger partial charge in [-0.25, -0.2) is 0 Å². The second-order valence-electron chi connectivity index (χ2n) is 6.10.